The fourth-order valence-electron chi connectivity index (χ4n) is 2.31. The summed E-state index contributed by atoms with van der Waals surface area (Å²) in [6.07, 6.45) is -4.47. The predicted octanol–water partition coefficient (Wildman–Crippen LogP) is 2.64. The summed E-state index contributed by atoms with van der Waals surface area (Å²) < 4.78 is 48.1. The Bertz CT molecular complexity index is 502. The van der Waals surface area contributed by atoms with Gasteiger partial charge in [-0.3, -0.25) is 4.79 Å². The zero-order chi connectivity index (χ0) is 16.2. The van der Waals surface area contributed by atoms with Gasteiger partial charge in [-0.25, -0.2) is 0 Å². The number of methoxy groups -OCH3 is 1. The minimum atomic E-state index is -4.35. The fraction of sp³-hybridized carbons (Fsp3) is 0.533. The molecule has 1 aliphatic heterocycles. The van der Waals surface area contributed by atoms with E-state index in [0.717, 1.165) is 12.1 Å². The van der Waals surface area contributed by atoms with Gasteiger partial charge in [0, 0.05) is 13.7 Å². The maximum Gasteiger partial charge on any atom is 0.416 e. The Morgan fingerprint density at radius 2 is 2.05 bits per heavy atom. The van der Waals surface area contributed by atoms with E-state index < -0.39 is 17.8 Å². The summed E-state index contributed by atoms with van der Waals surface area (Å²) in [6, 6.07) is 4.86. The molecule has 1 unspecified atom stereocenters. The minimum absolute atomic E-state index is 0.0398. The lowest BCUT2D eigenvalue weighted by atomic mass is 10.0. The number of morpholine rings is 1. The number of alkyl halides is 3. The average Bonchev–Trinajstić information content (AvgIpc) is 2.52. The van der Waals surface area contributed by atoms with Crippen molar-refractivity contribution >= 4 is 5.91 Å². The first-order valence-corrected chi connectivity index (χ1v) is 6.97. The summed E-state index contributed by atoms with van der Waals surface area (Å²) in [5.74, 6) is -0.0398. The molecule has 0 N–H and O–H groups in total. The second kappa shape index (κ2) is 7.11. The van der Waals surface area contributed by atoms with Gasteiger partial charge in [0.1, 0.15) is 6.10 Å². The topological polar surface area (TPSA) is 38.8 Å². The Hall–Kier alpha value is -1.60. The van der Waals surface area contributed by atoms with Crippen molar-refractivity contribution in [3.05, 3.63) is 35.4 Å². The third-order valence-corrected chi connectivity index (χ3v) is 3.55. The van der Waals surface area contributed by atoms with Gasteiger partial charge in [0.25, 0.3) is 0 Å². The zero-order valence-corrected chi connectivity index (χ0v) is 12.2. The molecule has 0 saturated carbocycles. The molecule has 1 saturated heterocycles. The van der Waals surface area contributed by atoms with E-state index in [1.54, 1.807) is 4.90 Å². The number of hydrogen-bond acceptors (Lipinski definition) is 3. The average molecular weight is 317 g/mol. The molecule has 1 aromatic rings. The molecule has 122 valence electrons. The Kier molecular flexibility index (Phi) is 5.42. The van der Waals surface area contributed by atoms with Crippen LogP contribution in [-0.4, -0.2) is 44.2 Å². The zero-order valence-electron chi connectivity index (χ0n) is 12.2. The number of nitrogens with zero attached hydrogens (tertiary/aromatic N) is 1. The van der Waals surface area contributed by atoms with Gasteiger partial charge in [-0.2, -0.15) is 13.2 Å². The van der Waals surface area contributed by atoms with Crippen molar-refractivity contribution in [1.29, 1.82) is 0 Å². The largest absolute Gasteiger partial charge is 0.416 e. The highest BCUT2D eigenvalue weighted by Gasteiger charge is 2.31. The lowest BCUT2D eigenvalue weighted by molar-refractivity contribution is -0.139. The SMILES string of the molecule is COCCC(=O)N1CCOC(c2ccc(C(F)(F)F)cc2)C1. The number of rotatable bonds is 4. The van der Waals surface area contributed by atoms with Crippen molar-refractivity contribution in [3.8, 4) is 0 Å². The van der Waals surface area contributed by atoms with Crippen LogP contribution in [0.5, 0.6) is 0 Å². The number of benzene rings is 1. The molecule has 1 atom stereocenters. The van der Waals surface area contributed by atoms with Gasteiger partial charge in [0.15, 0.2) is 0 Å². The third-order valence-electron chi connectivity index (χ3n) is 3.55. The first-order chi connectivity index (χ1) is 10.4. The Morgan fingerprint density at radius 3 is 2.64 bits per heavy atom. The van der Waals surface area contributed by atoms with Crippen molar-refractivity contribution in [3.63, 3.8) is 0 Å². The minimum Gasteiger partial charge on any atom is -0.384 e. The van der Waals surface area contributed by atoms with Crippen LogP contribution in [0.15, 0.2) is 24.3 Å². The van der Waals surface area contributed by atoms with E-state index in [-0.39, 0.29) is 12.3 Å². The molecule has 0 bridgehead atoms. The second-order valence-corrected chi connectivity index (χ2v) is 5.06. The summed E-state index contributed by atoms with van der Waals surface area (Å²) in [4.78, 5) is 13.6. The number of amides is 1. The maximum atomic E-state index is 12.6. The van der Waals surface area contributed by atoms with Gasteiger partial charge in [0.2, 0.25) is 5.91 Å². The van der Waals surface area contributed by atoms with Gasteiger partial charge in [0.05, 0.1) is 31.7 Å². The molecule has 2 rings (SSSR count). The smallest absolute Gasteiger partial charge is 0.384 e. The standard InChI is InChI=1S/C15H18F3NO3/c1-21-8-6-14(20)19-7-9-22-13(10-19)11-2-4-12(5-3-11)15(16,17)18/h2-5,13H,6-10H2,1H3. The summed E-state index contributed by atoms with van der Waals surface area (Å²) in [5.41, 5.74) is -0.0580. The summed E-state index contributed by atoms with van der Waals surface area (Å²) >= 11 is 0. The van der Waals surface area contributed by atoms with Crippen molar-refractivity contribution in [2.45, 2.75) is 18.7 Å². The van der Waals surface area contributed by atoms with Gasteiger partial charge in [-0.05, 0) is 17.7 Å². The van der Waals surface area contributed by atoms with E-state index in [1.807, 2.05) is 0 Å². The predicted molar refractivity (Wildman–Crippen MR) is 73.2 cm³/mol. The molecule has 1 fully saturated rings. The highest BCUT2D eigenvalue weighted by molar-refractivity contribution is 5.76. The highest BCUT2D eigenvalue weighted by atomic mass is 19.4. The second-order valence-electron chi connectivity index (χ2n) is 5.06. The van der Waals surface area contributed by atoms with Crippen molar-refractivity contribution in [2.75, 3.05) is 33.4 Å². The van der Waals surface area contributed by atoms with Crippen LogP contribution < -0.4 is 0 Å². The molecule has 0 aliphatic carbocycles. The van der Waals surface area contributed by atoms with E-state index in [2.05, 4.69) is 0 Å². The van der Waals surface area contributed by atoms with E-state index in [9.17, 15) is 18.0 Å². The molecule has 7 heteroatoms. The molecular formula is C15H18F3NO3. The van der Waals surface area contributed by atoms with Gasteiger partial charge < -0.3 is 14.4 Å². The highest BCUT2D eigenvalue weighted by Crippen LogP contribution is 2.31. The molecule has 0 spiro atoms. The number of carbonyl (C=O) groups is 1. The van der Waals surface area contributed by atoms with E-state index in [4.69, 9.17) is 9.47 Å². The fourth-order valence-corrected chi connectivity index (χ4v) is 2.31. The van der Waals surface area contributed by atoms with E-state index in [0.29, 0.717) is 31.9 Å². The Labute approximate surface area is 126 Å². The van der Waals surface area contributed by atoms with Gasteiger partial charge in [-0.15, -0.1) is 0 Å². The number of hydrogen-bond donors (Lipinski definition) is 0. The van der Waals surface area contributed by atoms with Gasteiger partial charge in [-0.1, -0.05) is 12.1 Å². The quantitative estimate of drug-likeness (QED) is 0.857. The summed E-state index contributed by atoms with van der Waals surface area (Å²) in [5, 5.41) is 0. The lowest BCUT2D eigenvalue weighted by Crippen LogP contribution is -2.42. The van der Waals surface area contributed by atoms with Crippen molar-refractivity contribution in [2.24, 2.45) is 0 Å². The first kappa shape index (κ1) is 16.8. The molecule has 0 radical (unpaired) electrons. The number of halogens is 3. The Balaban J connectivity index is 2.01. The van der Waals surface area contributed by atoms with Crippen LogP contribution in [0.4, 0.5) is 13.2 Å². The van der Waals surface area contributed by atoms with Crippen LogP contribution in [0.3, 0.4) is 0 Å². The monoisotopic (exact) mass is 317 g/mol. The van der Waals surface area contributed by atoms with Crippen LogP contribution in [0, 0.1) is 0 Å². The molecule has 1 aromatic carbocycles. The molecule has 1 heterocycles. The van der Waals surface area contributed by atoms with Crippen molar-refractivity contribution < 1.29 is 27.4 Å². The van der Waals surface area contributed by atoms with Crippen LogP contribution in [0.2, 0.25) is 0 Å². The van der Waals surface area contributed by atoms with Crippen LogP contribution in [0.1, 0.15) is 23.7 Å². The maximum absolute atomic E-state index is 12.6. The summed E-state index contributed by atoms with van der Waals surface area (Å²) in [7, 11) is 1.53. The molecule has 1 amide bonds. The molecule has 22 heavy (non-hydrogen) atoms. The first-order valence-electron chi connectivity index (χ1n) is 6.97. The molecule has 4 nitrogen and oxygen atoms in total. The normalized spacial score (nSPS) is 19.3. The van der Waals surface area contributed by atoms with E-state index >= 15 is 0 Å². The number of carbonyl (C=O) groups excluding carboxylic acids is 1. The van der Waals surface area contributed by atoms with Crippen LogP contribution in [-0.2, 0) is 20.4 Å². The number of ether oxygens (including phenoxy) is 2. The third kappa shape index (κ3) is 4.20. The Morgan fingerprint density at radius 1 is 1.36 bits per heavy atom. The van der Waals surface area contributed by atoms with Crippen LogP contribution in [0.25, 0.3) is 0 Å². The van der Waals surface area contributed by atoms with Crippen LogP contribution >= 0.6 is 0 Å². The molecule has 1 aliphatic rings. The van der Waals surface area contributed by atoms with E-state index in [1.165, 1.54) is 19.2 Å². The summed E-state index contributed by atoms with van der Waals surface area (Å²) in [6.45, 7) is 1.54. The molecule has 0 aromatic heterocycles. The van der Waals surface area contributed by atoms with Crippen molar-refractivity contribution in [1.82, 2.24) is 4.90 Å². The lowest BCUT2D eigenvalue weighted by Gasteiger charge is -2.33. The van der Waals surface area contributed by atoms with Gasteiger partial charge >= 0.3 is 6.18 Å². The molecular weight excluding hydrogens is 299 g/mol.